The predicted molar refractivity (Wildman–Crippen MR) is 74.3 cm³/mol. The van der Waals surface area contributed by atoms with Crippen molar-refractivity contribution in [3.63, 3.8) is 0 Å². The van der Waals surface area contributed by atoms with E-state index in [9.17, 15) is 0 Å². The molecule has 0 fully saturated rings. The van der Waals surface area contributed by atoms with Gasteiger partial charge in [0.05, 0.1) is 15.7 Å². The summed E-state index contributed by atoms with van der Waals surface area (Å²) < 4.78 is 1.82. The molecule has 0 amide bonds. The topological polar surface area (TPSA) is 30.7 Å². The van der Waals surface area contributed by atoms with Crippen LogP contribution in [0.25, 0.3) is 0 Å². The van der Waals surface area contributed by atoms with E-state index in [0.29, 0.717) is 10.0 Å². The third-order valence-corrected chi connectivity index (χ3v) is 3.77. The Morgan fingerprint density at radius 1 is 1.33 bits per heavy atom. The summed E-state index contributed by atoms with van der Waals surface area (Å²) in [6, 6.07) is 5.72. The molecule has 0 saturated heterocycles. The quantitative estimate of drug-likeness (QED) is 0.851. The lowest BCUT2D eigenvalue weighted by Gasteiger charge is -2.12. The zero-order chi connectivity index (χ0) is 13.1. The number of halogens is 2. The van der Waals surface area contributed by atoms with Crippen LogP contribution in [0, 0.1) is 0 Å². The predicted octanol–water partition coefficient (Wildman–Crippen LogP) is 3.95. The summed E-state index contributed by atoms with van der Waals surface area (Å²) in [5, 5.41) is 9.40. The summed E-state index contributed by atoms with van der Waals surface area (Å²) in [6.45, 7) is 4.98. The van der Waals surface area contributed by atoms with Crippen molar-refractivity contribution in [2.24, 2.45) is 0 Å². The molecule has 1 heterocycles. The summed E-state index contributed by atoms with van der Waals surface area (Å²) in [5.74, 6) is 0.262. The minimum atomic E-state index is 0.262. The van der Waals surface area contributed by atoms with Crippen LogP contribution >= 0.6 is 23.2 Å². The Morgan fingerprint density at radius 2 is 2.11 bits per heavy atom. The van der Waals surface area contributed by atoms with Crippen molar-refractivity contribution in [3.05, 3.63) is 45.7 Å². The first-order valence-electron chi connectivity index (χ1n) is 5.94. The minimum absolute atomic E-state index is 0.262. The second-order valence-electron chi connectivity index (χ2n) is 4.31. The highest BCUT2D eigenvalue weighted by molar-refractivity contribution is 6.42. The van der Waals surface area contributed by atoms with E-state index in [1.807, 2.05) is 29.9 Å². The van der Waals surface area contributed by atoms with Crippen molar-refractivity contribution in [1.82, 2.24) is 15.0 Å². The Bertz CT molecular complexity index is 537. The average molecular weight is 284 g/mol. The van der Waals surface area contributed by atoms with Crippen LogP contribution < -0.4 is 0 Å². The Kier molecular flexibility index (Phi) is 4.25. The van der Waals surface area contributed by atoms with Crippen molar-refractivity contribution in [2.75, 3.05) is 0 Å². The molecule has 0 spiro atoms. The third kappa shape index (κ3) is 2.85. The van der Waals surface area contributed by atoms with Crippen molar-refractivity contribution in [2.45, 2.75) is 32.7 Å². The van der Waals surface area contributed by atoms with Crippen LogP contribution in [0.4, 0.5) is 0 Å². The van der Waals surface area contributed by atoms with E-state index in [1.165, 1.54) is 0 Å². The number of hydrogen-bond donors (Lipinski definition) is 0. The molecule has 0 N–H and O–H groups in total. The van der Waals surface area contributed by atoms with Crippen molar-refractivity contribution >= 4 is 23.2 Å². The number of rotatable bonds is 4. The molecule has 96 valence electrons. The molecule has 1 aromatic heterocycles. The average Bonchev–Trinajstić information content (AvgIpc) is 2.80. The maximum absolute atomic E-state index is 6.21. The molecule has 0 radical (unpaired) electrons. The molecule has 0 aliphatic carbocycles. The summed E-state index contributed by atoms with van der Waals surface area (Å²) in [5.41, 5.74) is 2.02. The zero-order valence-corrected chi connectivity index (χ0v) is 11.9. The zero-order valence-electron chi connectivity index (χ0n) is 10.4. The van der Waals surface area contributed by atoms with Crippen molar-refractivity contribution in [3.8, 4) is 0 Å². The number of hydrogen-bond acceptors (Lipinski definition) is 2. The van der Waals surface area contributed by atoms with Gasteiger partial charge in [-0.3, -0.25) is 4.68 Å². The molecular formula is C13H15Cl2N3. The Morgan fingerprint density at radius 3 is 2.78 bits per heavy atom. The van der Waals surface area contributed by atoms with Gasteiger partial charge in [0.2, 0.25) is 0 Å². The largest absolute Gasteiger partial charge is 0.253 e. The van der Waals surface area contributed by atoms with E-state index in [2.05, 4.69) is 17.2 Å². The second-order valence-corrected chi connectivity index (χ2v) is 5.10. The highest BCUT2D eigenvalue weighted by Crippen LogP contribution is 2.32. The number of aryl methyl sites for hydroxylation is 1. The lowest BCUT2D eigenvalue weighted by atomic mass is 9.96. The molecular weight excluding hydrogens is 269 g/mol. The SMILES string of the molecule is CCn1cc(CC(C)c2cccc(Cl)c2Cl)nn1. The highest BCUT2D eigenvalue weighted by Gasteiger charge is 2.14. The van der Waals surface area contributed by atoms with Gasteiger partial charge in [0.1, 0.15) is 0 Å². The normalized spacial score (nSPS) is 12.7. The Labute approximate surface area is 117 Å². The lowest BCUT2D eigenvalue weighted by molar-refractivity contribution is 0.626. The maximum atomic E-state index is 6.21. The summed E-state index contributed by atoms with van der Waals surface area (Å²) in [6.07, 6.45) is 2.77. The standard InChI is InChI=1S/C13H15Cl2N3/c1-3-18-8-10(16-17-18)7-9(2)11-5-4-6-12(14)13(11)15/h4-6,8-9H,3,7H2,1-2H3. The van der Waals surface area contributed by atoms with Gasteiger partial charge in [0.25, 0.3) is 0 Å². The van der Waals surface area contributed by atoms with Crippen LogP contribution in [0.15, 0.2) is 24.4 Å². The maximum Gasteiger partial charge on any atom is 0.0833 e. The minimum Gasteiger partial charge on any atom is -0.253 e. The summed E-state index contributed by atoms with van der Waals surface area (Å²) in [7, 11) is 0. The fourth-order valence-corrected chi connectivity index (χ4v) is 2.41. The van der Waals surface area contributed by atoms with E-state index in [1.54, 1.807) is 6.07 Å². The van der Waals surface area contributed by atoms with Crippen molar-refractivity contribution < 1.29 is 0 Å². The van der Waals surface area contributed by atoms with Gasteiger partial charge in [0.15, 0.2) is 0 Å². The Balaban J connectivity index is 2.16. The van der Waals surface area contributed by atoms with E-state index < -0.39 is 0 Å². The smallest absolute Gasteiger partial charge is 0.0833 e. The summed E-state index contributed by atoms with van der Waals surface area (Å²) in [4.78, 5) is 0. The molecule has 18 heavy (non-hydrogen) atoms. The van der Waals surface area contributed by atoms with E-state index in [0.717, 1.165) is 24.2 Å². The fourth-order valence-electron chi connectivity index (χ4n) is 1.91. The molecule has 2 aromatic rings. The molecule has 1 unspecified atom stereocenters. The first-order chi connectivity index (χ1) is 8.61. The third-order valence-electron chi connectivity index (χ3n) is 2.94. The number of aromatic nitrogens is 3. The van der Waals surface area contributed by atoms with Crippen molar-refractivity contribution in [1.29, 1.82) is 0 Å². The highest BCUT2D eigenvalue weighted by atomic mass is 35.5. The van der Waals surface area contributed by atoms with E-state index in [4.69, 9.17) is 23.2 Å². The second kappa shape index (κ2) is 5.72. The molecule has 0 aliphatic rings. The first-order valence-corrected chi connectivity index (χ1v) is 6.70. The lowest BCUT2D eigenvalue weighted by Crippen LogP contribution is -2.00. The molecule has 1 aromatic carbocycles. The van der Waals surface area contributed by atoms with Gasteiger partial charge < -0.3 is 0 Å². The first kappa shape index (κ1) is 13.4. The Hall–Kier alpha value is -1.06. The summed E-state index contributed by atoms with van der Waals surface area (Å²) >= 11 is 12.2. The van der Waals surface area contributed by atoms with Gasteiger partial charge >= 0.3 is 0 Å². The molecule has 3 nitrogen and oxygen atoms in total. The van der Waals surface area contributed by atoms with Gasteiger partial charge in [-0.05, 0) is 30.9 Å². The van der Waals surface area contributed by atoms with Crippen LogP contribution in [0.3, 0.4) is 0 Å². The van der Waals surface area contributed by atoms with Crippen LogP contribution in [-0.2, 0) is 13.0 Å². The van der Waals surface area contributed by atoms with Gasteiger partial charge in [-0.1, -0.05) is 47.5 Å². The van der Waals surface area contributed by atoms with Crippen LogP contribution in [0.1, 0.15) is 31.0 Å². The molecule has 0 bridgehead atoms. The van der Waals surface area contributed by atoms with Gasteiger partial charge in [-0.15, -0.1) is 5.10 Å². The van der Waals surface area contributed by atoms with Crippen LogP contribution in [-0.4, -0.2) is 15.0 Å². The van der Waals surface area contributed by atoms with Gasteiger partial charge in [0, 0.05) is 12.7 Å². The van der Waals surface area contributed by atoms with E-state index in [-0.39, 0.29) is 5.92 Å². The molecule has 5 heteroatoms. The van der Waals surface area contributed by atoms with Gasteiger partial charge in [-0.2, -0.15) is 0 Å². The number of nitrogens with zero attached hydrogens (tertiary/aromatic N) is 3. The van der Waals surface area contributed by atoms with E-state index >= 15 is 0 Å². The molecule has 1 atom stereocenters. The van der Waals surface area contributed by atoms with Gasteiger partial charge in [-0.25, -0.2) is 0 Å². The molecule has 2 rings (SSSR count). The monoisotopic (exact) mass is 283 g/mol. The molecule has 0 aliphatic heterocycles. The van der Waals surface area contributed by atoms with Crippen LogP contribution in [0.2, 0.25) is 10.0 Å². The fraction of sp³-hybridized carbons (Fsp3) is 0.385. The number of benzene rings is 1. The molecule has 0 saturated carbocycles. The van der Waals surface area contributed by atoms with Crippen LogP contribution in [0.5, 0.6) is 0 Å².